The predicted octanol–water partition coefficient (Wildman–Crippen LogP) is 3.17. The highest BCUT2D eigenvalue weighted by Gasteiger charge is 2.11. The van der Waals surface area contributed by atoms with E-state index < -0.39 is 0 Å². The van der Waals surface area contributed by atoms with Crippen LogP contribution in [0.1, 0.15) is 11.5 Å². The fraction of sp³-hybridized carbons (Fsp3) is 0.154. The number of fused-ring (bicyclic) bond motifs is 1. The largest absolute Gasteiger partial charge is 0.358 e. The SMILES string of the molecule is Cc1ncc(-c2c(C)[nH]c3ccccc23)[nH]1. The van der Waals surface area contributed by atoms with Gasteiger partial charge < -0.3 is 9.97 Å². The zero-order valence-electron chi connectivity index (χ0n) is 9.33. The van der Waals surface area contributed by atoms with E-state index in [0.29, 0.717) is 0 Å². The summed E-state index contributed by atoms with van der Waals surface area (Å²) < 4.78 is 0. The van der Waals surface area contributed by atoms with Gasteiger partial charge in [0.2, 0.25) is 0 Å². The Morgan fingerprint density at radius 3 is 2.62 bits per heavy atom. The van der Waals surface area contributed by atoms with Gasteiger partial charge in [0.15, 0.2) is 0 Å². The van der Waals surface area contributed by atoms with Gasteiger partial charge in [-0.3, -0.25) is 0 Å². The van der Waals surface area contributed by atoms with E-state index in [4.69, 9.17) is 0 Å². The van der Waals surface area contributed by atoms with Crippen LogP contribution < -0.4 is 0 Å². The highest BCUT2D eigenvalue weighted by atomic mass is 14.9. The predicted molar refractivity (Wildman–Crippen MR) is 65.4 cm³/mol. The Kier molecular flexibility index (Phi) is 1.86. The van der Waals surface area contributed by atoms with Gasteiger partial charge in [0.25, 0.3) is 0 Å². The quantitative estimate of drug-likeness (QED) is 0.638. The summed E-state index contributed by atoms with van der Waals surface area (Å²) in [6, 6.07) is 8.32. The number of hydrogen-bond acceptors (Lipinski definition) is 1. The van der Waals surface area contributed by atoms with E-state index in [1.54, 1.807) is 0 Å². The Morgan fingerprint density at radius 2 is 1.88 bits per heavy atom. The molecule has 3 heteroatoms. The van der Waals surface area contributed by atoms with Crippen molar-refractivity contribution in [1.29, 1.82) is 0 Å². The van der Waals surface area contributed by atoms with Crippen LogP contribution in [-0.2, 0) is 0 Å². The third kappa shape index (κ3) is 1.25. The normalized spacial score (nSPS) is 11.1. The molecule has 16 heavy (non-hydrogen) atoms. The first kappa shape index (κ1) is 9.21. The first-order chi connectivity index (χ1) is 7.75. The van der Waals surface area contributed by atoms with E-state index in [0.717, 1.165) is 11.5 Å². The number of benzene rings is 1. The molecule has 0 aliphatic heterocycles. The van der Waals surface area contributed by atoms with Gasteiger partial charge in [-0.15, -0.1) is 0 Å². The van der Waals surface area contributed by atoms with Gasteiger partial charge in [-0.05, 0) is 19.9 Å². The van der Waals surface area contributed by atoms with Gasteiger partial charge >= 0.3 is 0 Å². The molecule has 0 aliphatic carbocycles. The number of nitrogens with zero attached hydrogens (tertiary/aromatic N) is 1. The third-order valence-electron chi connectivity index (χ3n) is 2.87. The van der Waals surface area contributed by atoms with Crippen molar-refractivity contribution < 1.29 is 0 Å². The van der Waals surface area contributed by atoms with Crippen LogP contribution in [0.5, 0.6) is 0 Å². The molecule has 0 spiro atoms. The molecule has 0 fully saturated rings. The molecule has 2 aromatic heterocycles. The Hall–Kier alpha value is -2.03. The maximum atomic E-state index is 4.25. The number of aromatic amines is 2. The standard InChI is InChI=1S/C13H13N3/c1-8-13(12-7-14-9(2)16-12)10-5-3-4-6-11(10)15-8/h3-7,15H,1-2H3,(H,14,16). The van der Waals surface area contributed by atoms with Gasteiger partial charge in [-0.2, -0.15) is 0 Å². The number of rotatable bonds is 1. The second-order valence-corrected chi connectivity index (χ2v) is 4.05. The summed E-state index contributed by atoms with van der Waals surface area (Å²) >= 11 is 0. The number of nitrogens with one attached hydrogen (secondary N) is 2. The molecule has 0 amide bonds. The first-order valence-electron chi connectivity index (χ1n) is 5.35. The molecule has 0 radical (unpaired) electrons. The van der Waals surface area contributed by atoms with Crippen LogP contribution in [0.2, 0.25) is 0 Å². The summed E-state index contributed by atoms with van der Waals surface area (Å²) in [5, 5.41) is 1.24. The van der Waals surface area contributed by atoms with Crippen molar-refractivity contribution in [2.24, 2.45) is 0 Å². The number of hydrogen-bond donors (Lipinski definition) is 2. The zero-order valence-corrected chi connectivity index (χ0v) is 9.33. The van der Waals surface area contributed by atoms with Gasteiger partial charge in [-0.1, -0.05) is 18.2 Å². The number of H-pyrrole nitrogens is 2. The average Bonchev–Trinajstić information content (AvgIpc) is 2.80. The molecule has 2 heterocycles. The minimum atomic E-state index is 0.944. The maximum Gasteiger partial charge on any atom is 0.103 e. The van der Waals surface area contributed by atoms with E-state index in [1.165, 1.54) is 22.2 Å². The molecule has 0 saturated heterocycles. The summed E-state index contributed by atoms with van der Waals surface area (Å²) in [4.78, 5) is 10.9. The fourth-order valence-corrected chi connectivity index (χ4v) is 2.17. The smallest absolute Gasteiger partial charge is 0.103 e. The summed E-state index contributed by atoms with van der Waals surface area (Å²) in [6.45, 7) is 4.05. The van der Waals surface area contributed by atoms with Crippen molar-refractivity contribution in [1.82, 2.24) is 15.0 Å². The van der Waals surface area contributed by atoms with Crippen LogP contribution in [-0.4, -0.2) is 15.0 Å². The summed E-state index contributed by atoms with van der Waals surface area (Å²) in [5.74, 6) is 0.944. The lowest BCUT2D eigenvalue weighted by atomic mass is 10.1. The molecule has 1 aromatic carbocycles. The Balaban J connectivity index is 2.34. The number of para-hydroxylation sites is 1. The molecule has 0 unspecified atom stereocenters. The van der Waals surface area contributed by atoms with Crippen molar-refractivity contribution in [2.75, 3.05) is 0 Å². The number of imidazole rings is 1. The Morgan fingerprint density at radius 1 is 1.06 bits per heavy atom. The summed E-state index contributed by atoms with van der Waals surface area (Å²) in [5.41, 5.74) is 4.63. The van der Waals surface area contributed by atoms with Gasteiger partial charge in [0.05, 0.1) is 11.9 Å². The molecule has 3 aromatic rings. The van der Waals surface area contributed by atoms with E-state index in [-0.39, 0.29) is 0 Å². The fourth-order valence-electron chi connectivity index (χ4n) is 2.17. The lowest BCUT2D eigenvalue weighted by molar-refractivity contribution is 1.15. The van der Waals surface area contributed by atoms with Crippen LogP contribution >= 0.6 is 0 Å². The Labute approximate surface area is 93.5 Å². The van der Waals surface area contributed by atoms with Crippen molar-refractivity contribution in [3.8, 4) is 11.3 Å². The van der Waals surface area contributed by atoms with Crippen LogP contribution in [0, 0.1) is 13.8 Å². The molecule has 0 aliphatic rings. The summed E-state index contributed by atoms with van der Waals surface area (Å²) in [7, 11) is 0. The second kappa shape index (κ2) is 3.23. The molecule has 2 N–H and O–H groups in total. The van der Waals surface area contributed by atoms with Crippen molar-refractivity contribution >= 4 is 10.9 Å². The molecule has 3 rings (SSSR count). The third-order valence-corrected chi connectivity index (χ3v) is 2.87. The maximum absolute atomic E-state index is 4.25. The van der Waals surface area contributed by atoms with Crippen molar-refractivity contribution in [3.63, 3.8) is 0 Å². The van der Waals surface area contributed by atoms with E-state index in [1.807, 2.05) is 19.2 Å². The van der Waals surface area contributed by atoms with Gasteiger partial charge in [0.1, 0.15) is 5.82 Å². The topological polar surface area (TPSA) is 44.5 Å². The zero-order chi connectivity index (χ0) is 11.1. The number of aryl methyl sites for hydroxylation is 2. The van der Waals surface area contributed by atoms with Gasteiger partial charge in [0, 0.05) is 22.2 Å². The van der Waals surface area contributed by atoms with Crippen molar-refractivity contribution in [3.05, 3.63) is 42.0 Å². The van der Waals surface area contributed by atoms with Crippen LogP contribution in [0.4, 0.5) is 0 Å². The summed E-state index contributed by atoms with van der Waals surface area (Å²) in [6.07, 6.45) is 1.89. The molecule has 3 nitrogen and oxygen atoms in total. The van der Waals surface area contributed by atoms with Gasteiger partial charge in [-0.25, -0.2) is 4.98 Å². The van der Waals surface area contributed by atoms with Crippen molar-refractivity contribution in [2.45, 2.75) is 13.8 Å². The first-order valence-corrected chi connectivity index (χ1v) is 5.35. The van der Waals surface area contributed by atoms with Crippen LogP contribution in [0.3, 0.4) is 0 Å². The lowest BCUT2D eigenvalue weighted by Gasteiger charge is -1.96. The number of aromatic nitrogens is 3. The Bertz CT molecular complexity index is 646. The van der Waals surface area contributed by atoms with E-state index in [2.05, 4.69) is 40.1 Å². The van der Waals surface area contributed by atoms with E-state index in [9.17, 15) is 0 Å². The highest BCUT2D eigenvalue weighted by molar-refractivity contribution is 5.96. The average molecular weight is 211 g/mol. The molecular formula is C13H13N3. The van der Waals surface area contributed by atoms with E-state index >= 15 is 0 Å². The minimum Gasteiger partial charge on any atom is -0.358 e. The molecule has 80 valence electrons. The molecule has 0 atom stereocenters. The molecule has 0 bridgehead atoms. The second-order valence-electron chi connectivity index (χ2n) is 4.05. The highest BCUT2D eigenvalue weighted by Crippen LogP contribution is 2.30. The van der Waals surface area contributed by atoms with Crippen LogP contribution in [0.15, 0.2) is 30.5 Å². The monoisotopic (exact) mass is 211 g/mol. The molecular weight excluding hydrogens is 198 g/mol. The lowest BCUT2D eigenvalue weighted by Crippen LogP contribution is -1.79. The molecule has 0 saturated carbocycles. The van der Waals surface area contributed by atoms with Crippen LogP contribution in [0.25, 0.3) is 22.2 Å². The minimum absolute atomic E-state index is 0.944.